The molecule has 0 spiro atoms. The Morgan fingerprint density at radius 1 is 0.857 bits per heavy atom. The van der Waals surface area contributed by atoms with Crippen LogP contribution >= 0.6 is 34.8 Å². The fraction of sp³-hybridized carbons (Fsp3) is 0.588. The quantitative estimate of drug-likeness (QED) is 0.463. The number of carbonyl (C=O) groups is 1. The van der Waals surface area contributed by atoms with Crippen LogP contribution in [0.4, 0.5) is 0 Å². The summed E-state index contributed by atoms with van der Waals surface area (Å²) in [5.74, 6) is 0.167. The van der Waals surface area contributed by atoms with Gasteiger partial charge in [0.25, 0.3) is 0 Å². The number of hydrogen-bond donors (Lipinski definition) is 0. The smallest absolute Gasteiger partial charge is 0.180 e. The molecule has 122 valence electrons. The van der Waals surface area contributed by atoms with E-state index in [4.69, 9.17) is 34.8 Å². The summed E-state index contributed by atoms with van der Waals surface area (Å²) in [4.78, 5) is 9.44. The third-order valence-corrected chi connectivity index (χ3v) is 2.44. The Bertz CT molecular complexity index is 304. The molecule has 0 unspecified atom stereocenters. The molecule has 1 aromatic rings. The summed E-state index contributed by atoms with van der Waals surface area (Å²) in [7, 11) is 0. The van der Waals surface area contributed by atoms with Gasteiger partial charge in [-0.25, -0.2) is 0 Å². The third-order valence-electron chi connectivity index (χ3n) is 2.44. The molecule has 1 fully saturated rings. The number of Topliss-reactive ketones (excluding diaryl/α,β-unsaturated/α-hetero) is 1. The van der Waals surface area contributed by atoms with Crippen LogP contribution in [0, 0.1) is 6.92 Å². The number of halogens is 3. The molecule has 1 aliphatic carbocycles. The average Bonchev–Trinajstić information content (AvgIpc) is 2.41. The van der Waals surface area contributed by atoms with Crippen molar-refractivity contribution in [2.75, 3.05) is 0 Å². The molecule has 0 aliphatic heterocycles. The molecule has 0 N–H and O–H groups in total. The fourth-order valence-corrected chi connectivity index (χ4v) is 1.60. The molecule has 0 heterocycles. The van der Waals surface area contributed by atoms with E-state index >= 15 is 0 Å². The summed E-state index contributed by atoms with van der Waals surface area (Å²) < 4.78 is -0.750. The summed E-state index contributed by atoms with van der Waals surface area (Å²) in [5.41, 5.74) is 1.32. The molecular weight excluding hydrogens is 327 g/mol. The second-order valence-corrected chi connectivity index (χ2v) is 6.91. The molecule has 4 heteroatoms. The van der Waals surface area contributed by atoms with E-state index in [-0.39, 0.29) is 5.78 Å². The van der Waals surface area contributed by atoms with E-state index in [0.717, 1.165) is 0 Å². The van der Waals surface area contributed by atoms with Crippen molar-refractivity contribution in [1.82, 2.24) is 0 Å². The molecule has 0 radical (unpaired) electrons. The minimum absolute atomic E-state index is 0.167. The van der Waals surface area contributed by atoms with Gasteiger partial charge in [0.1, 0.15) is 5.78 Å². The number of benzene rings is 1. The van der Waals surface area contributed by atoms with Gasteiger partial charge in [-0.05, 0) is 20.8 Å². The maximum absolute atomic E-state index is 9.44. The normalized spacial score (nSPS) is 12.7. The predicted molar refractivity (Wildman–Crippen MR) is 96.6 cm³/mol. The zero-order chi connectivity index (χ0) is 16.5. The van der Waals surface area contributed by atoms with Gasteiger partial charge in [0.2, 0.25) is 0 Å². The minimum atomic E-state index is -0.750. The van der Waals surface area contributed by atoms with Gasteiger partial charge < -0.3 is 4.79 Å². The van der Waals surface area contributed by atoms with Gasteiger partial charge in [0, 0.05) is 0 Å². The highest BCUT2D eigenvalue weighted by atomic mass is 35.6. The monoisotopic (exact) mass is 352 g/mol. The first-order valence-corrected chi connectivity index (χ1v) is 8.58. The van der Waals surface area contributed by atoms with E-state index in [1.54, 1.807) is 0 Å². The van der Waals surface area contributed by atoms with Crippen LogP contribution in [-0.2, 0) is 4.79 Å². The minimum Gasteiger partial charge on any atom is -0.300 e. The van der Waals surface area contributed by atoms with Crippen LogP contribution in [0.15, 0.2) is 30.3 Å². The number of rotatable bonds is 0. The average molecular weight is 354 g/mol. The molecule has 1 saturated carbocycles. The van der Waals surface area contributed by atoms with E-state index in [1.807, 2.05) is 18.2 Å². The molecule has 0 atom stereocenters. The molecule has 1 nitrogen and oxygen atoms in total. The maximum Gasteiger partial charge on any atom is 0.180 e. The summed E-state index contributed by atoms with van der Waals surface area (Å²) in [6.45, 7) is 5.14. The standard InChI is InChI=1S/C7H8.C6H12.C3H6O.CHCl3/c1-7-5-3-2-4-6-7;1-2-4-6-5-3-1;1-3(2)4;2-1(3)4/h2-6H,1H3;1-6H2;1-2H3;1H. The van der Waals surface area contributed by atoms with Crippen LogP contribution in [-0.4, -0.2) is 10.1 Å². The molecule has 0 amide bonds. The molecule has 0 bridgehead atoms. The lowest BCUT2D eigenvalue weighted by Crippen LogP contribution is -1.85. The largest absolute Gasteiger partial charge is 0.300 e. The highest BCUT2D eigenvalue weighted by Crippen LogP contribution is 2.15. The van der Waals surface area contributed by atoms with Gasteiger partial charge >= 0.3 is 0 Å². The van der Waals surface area contributed by atoms with Gasteiger partial charge in [-0.1, -0.05) is 109 Å². The summed E-state index contributed by atoms with van der Waals surface area (Å²) in [5, 5.41) is 0. The second kappa shape index (κ2) is 17.8. The van der Waals surface area contributed by atoms with Crippen molar-refractivity contribution in [2.24, 2.45) is 0 Å². The molecule has 0 saturated heterocycles. The van der Waals surface area contributed by atoms with Crippen molar-refractivity contribution in [3.05, 3.63) is 35.9 Å². The zero-order valence-electron chi connectivity index (χ0n) is 13.2. The highest BCUT2D eigenvalue weighted by Gasteiger charge is 1.95. The Balaban J connectivity index is 0. The van der Waals surface area contributed by atoms with Crippen LogP contribution in [0.1, 0.15) is 57.9 Å². The third kappa shape index (κ3) is 32.9. The topological polar surface area (TPSA) is 17.1 Å². The van der Waals surface area contributed by atoms with Crippen molar-refractivity contribution in [3.63, 3.8) is 0 Å². The SMILES string of the molecule is C1CCCCC1.CC(C)=O.Cc1ccccc1.ClC(Cl)Cl. The first-order chi connectivity index (χ1) is 9.86. The highest BCUT2D eigenvalue weighted by molar-refractivity contribution is 6.63. The Labute approximate surface area is 145 Å². The number of carbonyl (C=O) groups excluding carboxylic acids is 1. The van der Waals surface area contributed by atoms with Crippen LogP contribution in [0.3, 0.4) is 0 Å². The predicted octanol–water partition coefficient (Wildman–Crippen LogP) is 6.92. The Morgan fingerprint density at radius 2 is 1.10 bits per heavy atom. The molecule has 1 aromatic carbocycles. The van der Waals surface area contributed by atoms with E-state index in [1.165, 1.54) is 57.9 Å². The first kappa shape index (κ1) is 23.0. The van der Waals surface area contributed by atoms with E-state index in [0.29, 0.717) is 0 Å². The molecular formula is C17H27Cl3O. The number of aryl methyl sites for hydroxylation is 1. The lowest BCUT2D eigenvalue weighted by Gasteiger charge is -2.05. The maximum atomic E-state index is 9.44. The van der Waals surface area contributed by atoms with Gasteiger partial charge in [-0.15, -0.1) is 0 Å². The van der Waals surface area contributed by atoms with Crippen molar-refractivity contribution in [3.8, 4) is 0 Å². The van der Waals surface area contributed by atoms with Gasteiger partial charge in [-0.3, -0.25) is 0 Å². The first-order valence-electron chi connectivity index (χ1n) is 7.27. The van der Waals surface area contributed by atoms with E-state index in [2.05, 4.69) is 19.1 Å². The van der Waals surface area contributed by atoms with E-state index in [9.17, 15) is 4.79 Å². The van der Waals surface area contributed by atoms with Crippen molar-refractivity contribution >= 4 is 40.6 Å². The Kier molecular flexibility index (Phi) is 19.5. The molecule has 0 aromatic heterocycles. The van der Waals surface area contributed by atoms with Crippen LogP contribution in [0.25, 0.3) is 0 Å². The molecule has 2 rings (SSSR count). The van der Waals surface area contributed by atoms with Crippen LogP contribution < -0.4 is 0 Å². The van der Waals surface area contributed by atoms with Gasteiger partial charge in [0.15, 0.2) is 4.30 Å². The summed E-state index contributed by atoms with van der Waals surface area (Å²) in [6.07, 6.45) is 9.00. The summed E-state index contributed by atoms with van der Waals surface area (Å²) >= 11 is 14.4. The van der Waals surface area contributed by atoms with Gasteiger partial charge in [0.05, 0.1) is 0 Å². The zero-order valence-corrected chi connectivity index (χ0v) is 15.5. The lowest BCUT2D eigenvalue weighted by molar-refractivity contribution is -0.114. The molecule has 1 aliphatic rings. The van der Waals surface area contributed by atoms with Crippen LogP contribution in [0.5, 0.6) is 0 Å². The number of alkyl halides is 3. The van der Waals surface area contributed by atoms with Gasteiger partial charge in [-0.2, -0.15) is 0 Å². The molecule has 21 heavy (non-hydrogen) atoms. The van der Waals surface area contributed by atoms with Crippen molar-refractivity contribution < 1.29 is 4.79 Å². The number of hydrogen-bond acceptors (Lipinski definition) is 1. The fourth-order valence-electron chi connectivity index (χ4n) is 1.60. The van der Waals surface area contributed by atoms with E-state index < -0.39 is 4.30 Å². The Morgan fingerprint density at radius 3 is 1.24 bits per heavy atom. The lowest BCUT2D eigenvalue weighted by atomic mass is 10.0. The second-order valence-electron chi connectivity index (χ2n) is 4.93. The van der Waals surface area contributed by atoms with Crippen LogP contribution in [0.2, 0.25) is 0 Å². The Hall–Kier alpha value is -0.240. The van der Waals surface area contributed by atoms with Crippen molar-refractivity contribution in [2.45, 2.75) is 63.6 Å². The summed E-state index contributed by atoms with van der Waals surface area (Å²) in [6, 6.07) is 10.3. The number of ketones is 1. The van der Waals surface area contributed by atoms with Crippen molar-refractivity contribution in [1.29, 1.82) is 0 Å².